The van der Waals surface area contributed by atoms with Crippen LogP contribution in [0.25, 0.3) is 0 Å². The van der Waals surface area contributed by atoms with Gasteiger partial charge in [0.25, 0.3) is 0 Å². The maximum atomic E-state index is 13.0. The van der Waals surface area contributed by atoms with Crippen LogP contribution >= 0.6 is 0 Å². The summed E-state index contributed by atoms with van der Waals surface area (Å²) < 4.78 is 5.27. The lowest BCUT2D eigenvalue weighted by Gasteiger charge is -2.28. The van der Waals surface area contributed by atoms with E-state index in [4.69, 9.17) is 4.74 Å². The van der Waals surface area contributed by atoms with Crippen molar-refractivity contribution in [2.75, 3.05) is 13.1 Å². The molecule has 2 fully saturated rings. The Bertz CT molecular complexity index is 805. The number of ether oxygens (including phenoxy) is 1. The molecule has 0 spiro atoms. The number of carbonyl (C=O) groups is 4. The summed E-state index contributed by atoms with van der Waals surface area (Å²) in [5.41, 5.74) is 0.789. The highest BCUT2D eigenvalue weighted by atomic mass is 16.6. The van der Waals surface area contributed by atoms with Crippen molar-refractivity contribution in [3.8, 4) is 0 Å². The molecule has 8 heteroatoms. The highest BCUT2D eigenvalue weighted by molar-refractivity contribution is 6.01. The lowest BCUT2D eigenvalue weighted by atomic mass is 10.0. The summed E-state index contributed by atoms with van der Waals surface area (Å²) in [5, 5.41) is 2.81. The number of amides is 4. The van der Waals surface area contributed by atoms with Crippen LogP contribution in [-0.4, -0.2) is 58.8 Å². The van der Waals surface area contributed by atoms with E-state index in [2.05, 4.69) is 5.32 Å². The molecule has 8 nitrogen and oxygen atoms in total. The molecule has 2 aliphatic rings. The van der Waals surface area contributed by atoms with Gasteiger partial charge in [-0.15, -0.1) is 0 Å². The Balaban J connectivity index is 1.65. The summed E-state index contributed by atoms with van der Waals surface area (Å²) in [7, 11) is 0. The molecule has 0 bridgehead atoms. The predicted octanol–water partition coefficient (Wildman–Crippen LogP) is 2.47. The van der Waals surface area contributed by atoms with E-state index in [1.54, 1.807) is 4.90 Å². The average molecular weight is 430 g/mol. The van der Waals surface area contributed by atoms with E-state index in [-0.39, 0.29) is 31.3 Å². The van der Waals surface area contributed by atoms with Crippen LogP contribution < -0.4 is 5.32 Å². The maximum absolute atomic E-state index is 13.0. The standard InChI is InChI=1S/C23H31N3O5/c1-16(2)14-18(22(29)25-12-6-7-13-25)24-21(28)19-10-11-20(27)26(19)23(30)31-15-17-8-4-3-5-9-17/h3-5,8-9,16,18-19H,6-7,10-15H2,1-2H3,(H,24,28)/t18-,19-/m0/s1. The van der Waals surface area contributed by atoms with Gasteiger partial charge in [-0.3, -0.25) is 14.4 Å². The van der Waals surface area contributed by atoms with Crippen LogP contribution in [0.2, 0.25) is 0 Å². The molecule has 2 atom stereocenters. The molecule has 1 N–H and O–H groups in total. The first-order valence-corrected chi connectivity index (χ1v) is 11.0. The number of benzene rings is 1. The number of nitrogens with zero attached hydrogens (tertiary/aromatic N) is 2. The van der Waals surface area contributed by atoms with Gasteiger partial charge in [0.05, 0.1) is 0 Å². The smallest absolute Gasteiger partial charge is 0.417 e. The normalized spacial score (nSPS) is 19.6. The van der Waals surface area contributed by atoms with Crippen molar-refractivity contribution in [2.45, 2.75) is 64.6 Å². The van der Waals surface area contributed by atoms with Crippen LogP contribution in [0.5, 0.6) is 0 Å². The third kappa shape index (κ3) is 5.83. The van der Waals surface area contributed by atoms with Crippen LogP contribution in [0.15, 0.2) is 30.3 Å². The summed E-state index contributed by atoms with van der Waals surface area (Å²) in [6.45, 7) is 5.39. The van der Waals surface area contributed by atoms with Crippen molar-refractivity contribution in [3.05, 3.63) is 35.9 Å². The van der Waals surface area contributed by atoms with Gasteiger partial charge in [0.15, 0.2) is 0 Å². The summed E-state index contributed by atoms with van der Waals surface area (Å²) in [6.07, 6.45) is 1.90. The Kier molecular flexibility index (Phi) is 7.65. The van der Waals surface area contributed by atoms with Crippen LogP contribution in [0, 0.1) is 5.92 Å². The number of imide groups is 1. The van der Waals surface area contributed by atoms with Crippen LogP contribution in [-0.2, 0) is 25.7 Å². The van der Waals surface area contributed by atoms with Gasteiger partial charge in [-0.25, -0.2) is 9.69 Å². The molecule has 0 radical (unpaired) electrons. The number of carbonyl (C=O) groups excluding carboxylic acids is 4. The Morgan fingerprint density at radius 2 is 1.81 bits per heavy atom. The largest absolute Gasteiger partial charge is 0.444 e. The Hall–Kier alpha value is -2.90. The molecule has 1 aromatic rings. The topological polar surface area (TPSA) is 96.0 Å². The van der Waals surface area contributed by atoms with E-state index in [1.807, 2.05) is 44.2 Å². The number of hydrogen-bond acceptors (Lipinski definition) is 5. The molecule has 31 heavy (non-hydrogen) atoms. The minimum absolute atomic E-state index is 0.0151. The van der Waals surface area contributed by atoms with Gasteiger partial charge in [-0.1, -0.05) is 44.2 Å². The quantitative estimate of drug-likeness (QED) is 0.718. The van der Waals surface area contributed by atoms with Crippen LogP contribution in [0.4, 0.5) is 4.79 Å². The molecular weight excluding hydrogens is 398 g/mol. The molecular formula is C23H31N3O5. The fraction of sp³-hybridized carbons (Fsp3) is 0.565. The van der Waals surface area contributed by atoms with Crippen LogP contribution in [0.3, 0.4) is 0 Å². The highest BCUT2D eigenvalue weighted by Crippen LogP contribution is 2.22. The van der Waals surface area contributed by atoms with E-state index >= 15 is 0 Å². The third-order valence-electron chi connectivity index (χ3n) is 5.66. The van der Waals surface area contributed by atoms with E-state index in [0.717, 1.165) is 23.3 Å². The number of likely N-dealkylation sites (tertiary alicyclic amines) is 2. The van der Waals surface area contributed by atoms with Crippen molar-refractivity contribution in [1.29, 1.82) is 0 Å². The predicted molar refractivity (Wildman–Crippen MR) is 114 cm³/mol. The molecule has 2 saturated heterocycles. The van der Waals surface area contributed by atoms with Gasteiger partial charge in [0, 0.05) is 19.5 Å². The number of nitrogens with one attached hydrogen (secondary N) is 1. The molecule has 0 aliphatic carbocycles. The maximum Gasteiger partial charge on any atom is 0.417 e. The Morgan fingerprint density at radius 3 is 2.45 bits per heavy atom. The minimum Gasteiger partial charge on any atom is -0.444 e. The summed E-state index contributed by atoms with van der Waals surface area (Å²) in [6, 6.07) is 7.50. The number of rotatable bonds is 7. The lowest BCUT2D eigenvalue weighted by molar-refractivity contribution is -0.138. The van der Waals surface area contributed by atoms with Gasteiger partial charge in [0.1, 0.15) is 18.7 Å². The second-order valence-electron chi connectivity index (χ2n) is 8.58. The zero-order chi connectivity index (χ0) is 22.4. The second kappa shape index (κ2) is 10.4. The fourth-order valence-corrected chi connectivity index (χ4v) is 4.07. The van der Waals surface area contributed by atoms with Crippen LogP contribution in [0.1, 0.15) is 51.5 Å². The monoisotopic (exact) mass is 429 g/mol. The number of hydrogen-bond donors (Lipinski definition) is 1. The molecule has 0 aromatic heterocycles. The second-order valence-corrected chi connectivity index (χ2v) is 8.58. The van der Waals surface area contributed by atoms with Gasteiger partial charge < -0.3 is 15.0 Å². The average Bonchev–Trinajstić information content (AvgIpc) is 3.41. The molecule has 168 valence electrons. The Morgan fingerprint density at radius 1 is 1.13 bits per heavy atom. The van der Waals surface area contributed by atoms with E-state index in [9.17, 15) is 19.2 Å². The fourth-order valence-electron chi connectivity index (χ4n) is 4.07. The zero-order valence-electron chi connectivity index (χ0n) is 18.2. The molecule has 4 amide bonds. The first-order chi connectivity index (χ1) is 14.9. The lowest BCUT2D eigenvalue weighted by Crippen LogP contribution is -2.54. The van der Waals surface area contributed by atoms with Crippen molar-refractivity contribution < 1.29 is 23.9 Å². The molecule has 0 unspecified atom stereocenters. The van der Waals surface area contributed by atoms with E-state index < -0.39 is 30.0 Å². The molecule has 2 heterocycles. The van der Waals surface area contributed by atoms with Gasteiger partial charge in [-0.2, -0.15) is 0 Å². The zero-order valence-corrected chi connectivity index (χ0v) is 18.2. The SMILES string of the molecule is CC(C)C[C@H](NC(=O)[C@@H]1CCC(=O)N1C(=O)OCc1ccccc1)C(=O)N1CCCC1. The van der Waals surface area contributed by atoms with Gasteiger partial charge >= 0.3 is 6.09 Å². The van der Waals surface area contributed by atoms with Gasteiger partial charge in [-0.05, 0) is 37.2 Å². The molecule has 1 aromatic carbocycles. The Labute approximate surface area is 182 Å². The van der Waals surface area contributed by atoms with Crippen molar-refractivity contribution in [2.24, 2.45) is 5.92 Å². The van der Waals surface area contributed by atoms with Crippen molar-refractivity contribution in [1.82, 2.24) is 15.1 Å². The first kappa shape index (κ1) is 22.8. The van der Waals surface area contributed by atoms with Crippen molar-refractivity contribution in [3.63, 3.8) is 0 Å². The minimum atomic E-state index is -0.961. The molecule has 2 aliphatic heterocycles. The summed E-state index contributed by atoms with van der Waals surface area (Å²) in [5.74, 6) is -0.818. The molecule has 0 saturated carbocycles. The van der Waals surface area contributed by atoms with E-state index in [1.165, 1.54) is 0 Å². The highest BCUT2D eigenvalue weighted by Gasteiger charge is 2.42. The van der Waals surface area contributed by atoms with E-state index in [0.29, 0.717) is 19.5 Å². The first-order valence-electron chi connectivity index (χ1n) is 11.0. The third-order valence-corrected chi connectivity index (χ3v) is 5.66. The summed E-state index contributed by atoms with van der Waals surface area (Å²) in [4.78, 5) is 53.5. The molecule has 3 rings (SSSR count). The van der Waals surface area contributed by atoms with Gasteiger partial charge in [0.2, 0.25) is 17.7 Å². The summed E-state index contributed by atoms with van der Waals surface area (Å²) >= 11 is 0. The van der Waals surface area contributed by atoms with Crippen molar-refractivity contribution >= 4 is 23.8 Å².